The van der Waals surface area contributed by atoms with Crippen LogP contribution in [0.4, 0.5) is 10.5 Å². The molecule has 0 saturated carbocycles. The number of hydrogen-bond acceptors (Lipinski definition) is 4. The van der Waals surface area contributed by atoms with E-state index in [2.05, 4.69) is 28.4 Å². The van der Waals surface area contributed by atoms with Crippen LogP contribution in [0.1, 0.15) is 31.1 Å². The first-order chi connectivity index (χ1) is 13.3. The van der Waals surface area contributed by atoms with E-state index in [4.69, 9.17) is 4.74 Å². The van der Waals surface area contributed by atoms with Gasteiger partial charge in [-0.15, -0.1) is 0 Å². The number of carbonyl (C=O) groups excluding carboxylic acids is 2. The highest BCUT2D eigenvalue weighted by molar-refractivity contribution is 6.03. The maximum Gasteiger partial charge on any atom is 0.410 e. The summed E-state index contributed by atoms with van der Waals surface area (Å²) in [4.78, 5) is 28.9. The number of hydrogen-bond donors (Lipinski definition) is 1. The van der Waals surface area contributed by atoms with Crippen molar-refractivity contribution in [3.8, 4) is 11.1 Å². The molecular formula is C22H25N3O3. The summed E-state index contributed by atoms with van der Waals surface area (Å²) in [6, 6.07) is 16.0. The monoisotopic (exact) mass is 379 g/mol. The van der Waals surface area contributed by atoms with E-state index in [-0.39, 0.29) is 18.2 Å². The van der Waals surface area contributed by atoms with Gasteiger partial charge in [-0.05, 0) is 44.0 Å². The fraction of sp³-hybridized carbons (Fsp3) is 0.364. The lowest BCUT2D eigenvalue weighted by Gasteiger charge is -2.45. The van der Waals surface area contributed by atoms with Gasteiger partial charge < -0.3 is 19.9 Å². The van der Waals surface area contributed by atoms with Gasteiger partial charge >= 0.3 is 6.09 Å². The third kappa shape index (κ3) is 3.54. The zero-order valence-corrected chi connectivity index (χ0v) is 16.4. The van der Waals surface area contributed by atoms with Crippen LogP contribution < -0.4 is 10.2 Å². The maximum atomic E-state index is 12.6. The number of ether oxygens (including phenoxy) is 1. The van der Waals surface area contributed by atoms with Crippen LogP contribution in [-0.2, 0) is 4.74 Å². The van der Waals surface area contributed by atoms with Gasteiger partial charge in [-0.25, -0.2) is 4.79 Å². The van der Waals surface area contributed by atoms with Gasteiger partial charge in [0.05, 0.1) is 17.8 Å². The Morgan fingerprint density at radius 3 is 2.54 bits per heavy atom. The Kier molecular flexibility index (Phi) is 4.49. The molecule has 6 heteroatoms. The van der Waals surface area contributed by atoms with Crippen LogP contribution in [0.3, 0.4) is 0 Å². The molecule has 28 heavy (non-hydrogen) atoms. The van der Waals surface area contributed by atoms with Crippen LogP contribution >= 0.6 is 0 Å². The number of piperazine rings is 1. The molecule has 146 valence electrons. The predicted molar refractivity (Wildman–Crippen MR) is 108 cm³/mol. The average Bonchev–Trinajstić information content (AvgIpc) is 2.66. The number of benzene rings is 2. The third-order valence-corrected chi connectivity index (χ3v) is 4.99. The summed E-state index contributed by atoms with van der Waals surface area (Å²) in [5.74, 6) is -0.109. The minimum atomic E-state index is -0.540. The van der Waals surface area contributed by atoms with Crippen molar-refractivity contribution < 1.29 is 14.3 Å². The Labute approximate surface area is 165 Å². The molecule has 2 heterocycles. The largest absolute Gasteiger partial charge is 0.444 e. The molecule has 2 aromatic carbocycles. The number of anilines is 1. The summed E-state index contributed by atoms with van der Waals surface area (Å²) >= 11 is 0. The molecule has 1 saturated heterocycles. The maximum absolute atomic E-state index is 12.6. The first kappa shape index (κ1) is 18.3. The second kappa shape index (κ2) is 6.86. The highest BCUT2D eigenvalue weighted by atomic mass is 16.6. The number of nitrogens with zero attached hydrogens (tertiary/aromatic N) is 2. The lowest BCUT2D eigenvalue weighted by molar-refractivity contribution is 0.0200. The topological polar surface area (TPSA) is 61.9 Å². The van der Waals surface area contributed by atoms with Crippen molar-refractivity contribution in [1.29, 1.82) is 0 Å². The Morgan fingerprint density at radius 1 is 1.07 bits per heavy atom. The van der Waals surface area contributed by atoms with E-state index in [1.807, 2.05) is 51.1 Å². The van der Waals surface area contributed by atoms with Crippen LogP contribution in [0.5, 0.6) is 0 Å². The van der Waals surface area contributed by atoms with Crippen LogP contribution in [0, 0.1) is 0 Å². The van der Waals surface area contributed by atoms with E-state index < -0.39 is 5.60 Å². The van der Waals surface area contributed by atoms with Gasteiger partial charge in [0.1, 0.15) is 11.8 Å². The van der Waals surface area contributed by atoms with Gasteiger partial charge in [-0.2, -0.15) is 0 Å². The van der Waals surface area contributed by atoms with Gasteiger partial charge in [0.15, 0.2) is 0 Å². The van der Waals surface area contributed by atoms with E-state index in [9.17, 15) is 9.59 Å². The van der Waals surface area contributed by atoms with Crippen molar-refractivity contribution >= 4 is 17.7 Å². The van der Waals surface area contributed by atoms with E-state index in [1.54, 1.807) is 4.90 Å². The molecule has 6 nitrogen and oxygen atoms in total. The quantitative estimate of drug-likeness (QED) is 0.824. The number of rotatable bonds is 1. The SMILES string of the molecule is CC(C)(C)OC(=O)N1CCN2c3cc(-c4ccccc4)ccc3C(=O)NC2C1. The fourth-order valence-electron chi connectivity index (χ4n) is 3.69. The van der Waals surface area contributed by atoms with Crippen molar-refractivity contribution in [3.05, 3.63) is 54.1 Å². The molecule has 2 amide bonds. The number of amides is 2. The standard InChI is InChI=1S/C22H25N3O3/c1-22(2,3)28-21(27)24-11-12-25-18-13-16(15-7-5-4-6-8-15)9-10-17(18)20(26)23-19(25)14-24/h4-10,13,19H,11-12,14H2,1-3H3,(H,23,26). The Hall–Kier alpha value is -3.02. The molecule has 0 radical (unpaired) electrons. The normalized spacial score (nSPS) is 18.8. The average molecular weight is 379 g/mol. The first-order valence-corrected chi connectivity index (χ1v) is 9.57. The highest BCUT2D eigenvalue weighted by Gasteiger charge is 2.37. The third-order valence-electron chi connectivity index (χ3n) is 4.99. The summed E-state index contributed by atoms with van der Waals surface area (Å²) in [6.07, 6.45) is -0.600. The summed E-state index contributed by atoms with van der Waals surface area (Å²) < 4.78 is 5.49. The van der Waals surface area contributed by atoms with Crippen LogP contribution in [0.2, 0.25) is 0 Å². The van der Waals surface area contributed by atoms with Gasteiger partial charge in [0.25, 0.3) is 5.91 Å². The summed E-state index contributed by atoms with van der Waals surface area (Å²) in [5.41, 5.74) is 3.23. The van der Waals surface area contributed by atoms with E-state index in [0.717, 1.165) is 16.8 Å². The Bertz CT molecular complexity index is 905. The van der Waals surface area contributed by atoms with Crippen molar-refractivity contribution in [3.63, 3.8) is 0 Å². The molecule has 1 unspecified atom stereocenters. The van der Waals surface area contributed by atoms with Crippen LogP contribution in [0.25, 0.3) is 11.1 Å². The molecular weight excluding hydrogens is 354 g/mol. The molecule has 0 bridgehead atoms. The van der Waals surface area contributed by atoms with E-state index in [0.29, 0.717) is 25.2 Å². The highest BCUT2D eigenvalue weighted by Crippen LogP contribution is 2.33. The van der Waals surface area contributed by atoms with Gasteiger partial charge in [-0.3, -0.25) is 4.79 Å². The van der Waals surface area contributed by atoms with E-state index in [1.165, 1.54) is 0 Å². The lowest BCUT2D eigenvalue weighted by Crippen LogP contribution is -2.64. The zero-order valence-electron chi connectivity index (χ0n) is 16.4. The smallest absolute Gasteiger partial charge is 0.410 e. The predicted octanol–water partition coefficient (Wildman–Crippen LogP) is 3.48. The van der Waals surface area contributed by atoms with Gasteiger partial charge in [-0.1, -0.05) is 36.4 Å². The Balaban J connectivity index is 1.59. The second-order valence-electron chi connectivity index (χ2n) is 8.21. The first-order valence-electron chi connectivity index (χ1n) is 9.57. The summed E-state index contributed by atoms with van der Waals surface area (Å²) in [7, 11) is 0. The molecule has 0 spiro atoms. The number of nitrogens with one attached hydrogen (secondary N) is 1. The molecule has 0 aliphatic carbocycles. The molecule has 2 aliphatic rings. The van der Waals surface area contributed by atoms with Crippen molar-refractivity contribution in [2.75, 3.05) is 24.5 Å². The number of fused-ring (bicyclic) bond motifs is 3. The molecule has 4 rings (SSSR count). The summed E-state index contributed by atoms with van der Waals surface area (Å²) in [6.45, 7) is 7.14. The van der Waals surface area contributed by atoms with Gasteiger partial charge in [0.2, 0.25) is 0 Å². The fourth-order valence-corrected chi connectivity index (χ4v) is 3.69. The molecule has 2 aromatic rings. The molecule has 1 atom stereocenters. The number of carbonyl (C=O) groups is 2. The zero-order chi connectivity index (χ0) is 19.9. The van der Waals surface area contributed by atoms with Crippen molar-refractivity contribution in [2.24, 2.45) is 0 Å². The molecule has 1 N–H and O–H groups in total. The molecule has 1 fully saturated rings. The van der Waals surface area contributed by atoms with Crippen LogP contribution in [0.15, 0.2) is 48.5 Å². The van der Waals surface area contributed by atoms with Gasteiger partial charge in [0, 0.05) is 13.1 Å². The summed E-state index contributed by atoms with van der Waals surface area (Å²) in [5, 5.41) is 3.02. The Morgan fingerprint density at radius 2 is 1.82 bits per heavy atom. The van der Waals surface area contributed by atoms with Crippen molar-refractivity contribution in [2.45, 2.75) is 32.5 Å². The van der Waals surface area contributed by atoms with E-state index >= 15 is 0 Å². The molecule has 2 aliphatic heterocycles. The van der Waals surface area contributed by atoms with Crippen molar-refractivity contribution in [1.82, 2.24) is 10.2 Å². The molecule has 0 aromatic heterocycles. The lowest BCUT2D eigenvalue weighted by atomic mass is 9.99. The van der Waals surface area contributed by atoms with Crippen LogP contribution in [-0.4, -0.2) is 48.3 Å². The minimum Gasteiger partial charge on any atom is -0.444 e. The minimum absolute atomic E-state index is 0.109. The second-order valence-corrected chi connectivity index (χ2v) is 8.21.